The van der Waals surface area contributed by atoms with Crippen LogP contribution in [0.5, 0.6) is 0 Å². The molecule has 3 N–H and O–H groups in total. The molecule has 4 nitrogen and oxygen atoms in total. The molecule has 1 aromatic heterocycles. The average Bonchev–Trinajstić information content (AvgIpc) is 2.76. The molecule has 0 fully saturated rings. The molecule has 0 spiro atoms. The van der Waals surface area contributed by atoms with E-state index < -0.39 is 5.82 Å². The van der Waals surface area contributed by atoms with Crippen molar-refractivity contribution in [1.82, 2.24) is 4.57 Å². The van der Waals surface area contributed by atoms with E-state index >= 15 is 0 Å². The number of nitrogen functional groups attached to an aromatic ring is 1. The highest BCUT2D eigenvalue weighted by Crippen LogP contribution is 2.21. The maximum atomic E-state index is 13.3. The van der Waals surface area contributed by atoms with Crippen LogP contribution in [0, 0.1) is 5.82 Å². The van der Waals surface area contributed by atoms with Crippen LogP contribution in [-0.2, 0) is 0 Å². The molecule has 0 saturated carbocycles. The Kier molecular flexibility index (Phi) is 3.99. The Bertz CT molecular complexity index is 652. The highest BCUT2D eigenvalue weighted by Gasteiger charge is 2.15. The number of nitrogens with two attached hydrogens (primary N) is 1. The largest absolute Gasteiger partial charge is 0.397 e. The van der Waals surface area contributed by atoms with E-state index in [4.69, 9.17) is 17.3 Å². The molecule has 2 rings (SSSR count). The van der Waals surface area contributed by atoms with E-state index in [0.717, 1.165) is 0 Å². The standard InChI is InChI=1S/C14H15ClFN3O/c1-8(2)19-7-9(17)5-13(19)14(20)18-10-3-4-11(15)12(16)6-10/h3-8H,17H2,1-2H3,(H,18,20). The van der Waals surface area contributed by atoms with Crippen molar-refractivity contribution in [2.75, 3.05) is 11.1 Å². The van der Waals surface area contributed by atoms with Gasteiger partial charge in [-0.15, -0.1) is 0 Å². The first-order valence-corrected chi connectivity index (χ1v) is 6.50. The molecule has 0 aliphatic heterocycles. The molecule has 1 amide bonds. The summed E-state index contributed by atoms with van der Waals surface area (Å²) >= 11 is 5.60. The van der Waals surface area contributed by atoms with Crippen LogP contribution < -0.4 is 11.1 Å². The highest BCUT2D eigenvalue weighted by molar-refractivity contribution is 6.30. The van der Waals surface area contributed by atoms with Gasteiger partial charge in [0, 0.05) is 17.9 Å². The summed E-state index contributed by atoms with van der Waals surface area (Å²) in [6.45, 7) is 3.89. The van der Waals surface area contributed by atoms with E-state index in [1.54, 1.807) is 16.8 Å². The van der Waals surface area contributed by atoms with Gasteiger partial charge in [0.25, 0.3) is 5.91 Å². The molecule has 0 atom stereocenters. The number of aromatic nitrogens is 1. The SMILES string of the molecule is CC(C)n1cc(N)cc1C(=O)Nc1ccc(Cl)c(F)c1. The number of hydrogen-bond acceptors (Lipinski definition) is 2. The lowest BCUT2D eigenvalue weighted by Crippen LogP contribution is -2.17. The first kappa shape index (κ1) is 14.4. The maximum absolute atomic E-state index is 13.3. The van der Waals surface area contributed by atoms with E-state index in [-0.39, 0.29) is 17.0 Å². The first-order chi connectivity index (χ1) is 9.38. The van der Waals surface area contributed by atoms with Crippen molar-refractivity contribution in [3.63, 3.8) is 0 Å². The summed E-state index contributed by atoms with van der Waals surface area (Å²) in [7, 11) is 0. The minimum atomic E-state index is -0.580. The van der Waals surface area contributed by atoms with Gasteiger partial charge in [0.15, 0.2) is 0 Å². The maximum Gasteiger partial charge on any atom is 0.272 e. The molecule has 0 aliphatic carbocycles. The van der Waals surface area contributed by atoms with Crippen molar-refractivity contribution in [1.29, 1.82) is 0 Å². The minimum Gasteiger partial charge on any atom is -0.397 e. The van der Waals surface area contributed by atoms with Crippen molar-refractivity contribution in [3.05, 3.63) is 47.0 Å². The number of nitrogens with one attached hydrogen (secondary N) is 1. The Morgan fingerprint density at radius 2 is 2.10 bits per heavy atom. The number of nitrogens with zero attached hydrogens (tertiary/aromatic N) is 1. The molecule has 0 bridgehead atoms. The Hall–Kier alpha value is -2.01. The number of carbonyl (C=O) groups is 1. The Morgan fingerprint density at radius 1 is 1.40 bits per heavy atom. The number of anilines is 2. The van der Waals surface area contributed by atoms with E-state index in [1.807, 2.05) is 13.8 Å². The number of benzene rings is 1. The number of halogens is 2. The summed E-state index contributed by atoms with van der Waals surface area (Å²) in [5.74, 6) is -0.930. The molecule has 0 unspecified atom stereocenters. The molecule has 20 heavy (non-hydrogen) atoms. The van der Waals surface area contributed by atoms with Gasteiger partial charge in [0.2, 0.25) is 0 Å². The molecule has 1 heterocycles. The van der Waals surface area contributed by atoms with Gasteiger partial charge in [-0.25, -0.2) is 4.39 Å². The molecule has 1 aromatic carbocycles. The molecule has 0 saturated heterocycles. The zero-order valence-electron chi connectivity index (χ0n) is 11.2. The van der Waals surface area contributed by atoms with E-state index in [1.165, 1.54) is 18.2 Å². The number of amides is 1. The smallest absolute Gasteiger partial charge is 0.272 e. The molecule has 0 radical (unpaired) electrons. The lowest BCUT2D eigenvalue weighted by atomic mass is 10.3. The summed E-state index contributed by atoms with van der Waals surface area (Å²) in [6, 6.07) is 5.78. The molecule has 106 valence electrons. The van der Waals surface area contributed by atoms with Gasteiger partial charge in [-0.3, -0.25) is 4.79 Å². The first-order valence-electron chi connectivity index (χ1n) is 6.12. The lowest BCUT2D eigenvalue weighted by Gasteiger charge is -2.12. The van der Waals surface area contributed by atoms with Crippen molar-refractivity contribution in [2.45, 2.75) is 19.9 Å². The fourth-order valence-electron chi connectivity index (χ4n) is 1.88. The fraction of sp³-hybridized carbons (Fsp3) is 0.214. The normalized spacial score (nSPS) is 10.8. The van der Waals surface area contributed by atoms with Crippen LogP contribution in [0.2, 0.25) is 5.02 Å². The fourth-order valence-corrected chi connectivity index (χ4v) is 2.00. The van der Waals surface area contributed by atoms with Gasteiger partial charge in [-0.1, -0.05) is 11.6 Å². The van der Waals surface area contributed by atoms with Crippen LogP contribution in [0.4, 0.5) is 15.8 Å². The molecule has 2 aromatic rings. The highest BCUT2D eigenvalue weighted by atomic mass is 35.5. The van der Waals surface area contributed by atoms with Crippen LogP contribution in [0.25, 0.3) is 0 Å². The van der Waals surface area contributed by atoms with Crippen LogP contribution >= 0.6 is 11.6 Å². The van der Waals surface area contributed by atoms with Crippen molar-refractivity contribution < 1.29 is 9.18 Å². The lowest BCUT2D eigenvalue weighted by molar-refractivity contribution is 0.101. The average molecular weight is 296 g/mol. The van der Waals surface area contributed by atoms with Crippen LogP contribution in [0.3, 0.4) is 0 Å². The molecular weight excluding hydrogens is 281 g/mol. The topological polar surface area (TPSA) is 60.0 Å². The molecule has 0 aliphatic rings. The van der Waals surface area contributed by atoms with E-state index in [9.17, 15) is 9.18 Å². The van der Waals surface area contributed by atoms with Gasteiger partial charge < -0.3 is 15.6 Å². The van der Waals surface area contributed by atoms with E-state index in [0.29, 0.717) is 17.1 Å². The van der Waals surface area contributed by atoms with E-state index in [2.05, 4.69) is 5.32 Å². The number of carbonyl (C=O) groups excluding carboxylic acids is 1. The third-order valence-electron chi connectivity index (χ3n) is 2.84. The molecule has 6 heteroatoms. The minimum absolute atomic E-state index is 0.0119. The zero-order valence-corrected chi connectivity index (χ0v) is 11.9. The summed E-state index contributed by atoms with van der Waals surface area (Å²) in [5.41, 5.74) is 6.98. The predicted molar refractivity (Wildman–Crippen MR) is 78.6 cm³/mol. The van der Waals surface area contributed by atoms with Gasteiger partial charge in [-0.05, 0) is 38.1 Å². The Morgan fingerprint density at radius 3 is 2.70 bits per heavy atom. The number of hydrogen-bond donors (Lipinski definition) is 2. The quantitative estimate of drug-likeness (QED) is 0.907. The third-order valence-corrected chi connectivity index (χ3v) is 3.14. The second-order valence-electron chi connectivity index (χ2n) is 4.74. The number of rotatable bonds is 3. The van der Waals surface area contributed by atoms with Crippen LogP contribution in [0.15, 0.2) is 30.5 Å². The predicted octanol–water partition coefficient (Wildman–Crippen LogP) is 3.70. The van der Waals surface area contributed by atoms with Crippen molar-refractivity contribution >= 4 is 28.9 Å². The van der Waals surface area contributed by atoms with Gasteiger partial charge in [0.05, 0.1) is 10.7 Å². The summed E-state index contributed by atoms with van der Waals surface area (Å²) in [4.78, 5) is 12.2. The monoisotopic (exact) mass is 295 g/mol. The second kappa shape index (κ2) is 5.54. The van der Waals surface area contributed by atoms with Crippen molar-refractivity contribution in [3.8, 4) is 0 Å². The summed E-state index contributed by atoms with van der Waals surface area (Å²) < 4.78 is 15.1. The Balaban J connectivity index is 2.26. The molecular formula is C14H15ClFN3O. The van der Waals surface area contributed by atoms with Crippen LogP contribution in [0.1, 0.15) is 30.4 Å². The van der Waals surface area contributed by atoms with Crippen LogP contribution in [-0.4, -0.2) is 10.5 Å². The summed E-state index contributed by atoms with van der Waals surface area (Å²) in [6.07, 6.45) is 1.70. The third kappa shape index (κ3) is 2.93. The summed E-state index contributed by atoms with van der Waals surface area (Å²) in [5, 5.41) is 2.63. The van der Waals surface area contributed by atoms with Crippen molar-refractivity contribution in [2.24, 2.45) is 0 Å². The van der Waals surface area contributed by atoms with Gasteiger partial charge in [0.1, 0.15) is 11.5 Å². The Labute approximate surface area is 121 Å². The zero-order chi connectivity index (χ0) is 14.9. The van der Waals surface area contributed by atoms with Gasteiger partial charge in [-0.2, -0.15) is 0 Å². The second-order valence-corrected chi connectivity index (χ2v) is 5.15. The van der Waals surface area contributed by atoms with Gasteiger partial charge >= 0.3 is 0 Å².